The average Bonchev–Trinajstić information content (AvgIpc) is 3.44. The van der Waals surface area contributed by atoms with Crippen LogP contribution in [0, 0.1) is 0 Å². The smallest absolute Gasteiger partial charge is 0.0540 e. The van der Waals surface area contributed by atoms with Gasteiger partial charge in [-0.2, -0.15) is 0 Å². The van der Waals surface area contributed by atoms with Gasteiger partial charge in [0.25, 0.3) is 0 Å². The van der Waals surface area contributed by atoms with E-state index in [2.05, 4.69) is 219 Å². The van der Waals surface area contributed by atoms with Crippen LogP contribution in [0.15, 0.2) is 200 Å². The van der Waals surface area contributed by atoms with Gasteiger partial charge in [0.1, 0.15) is 0 Å². The van der Waals surface area contributed by atoms with Crippen LogP contribution < -0.4 is 4.90 Å². The number of anilines is 3. The van der Waals surface area contributed by atoms with Crippen LogP contribution in [0.2, 0.25) is 0 Å². The maximum absolute atomic E-state index is 2.44. The molecule has 0 aliphatic heterocycles. The number of fused-ring (bicyclic) bond motifs is 3. The highest BCUT2D eigenvalue weighted by Gasteiger charge is 2.36. The van der Waals surface area contributed by atoms with Gasteiger partial charge in [-0.05, 0) is 91.5 Å². The molecule has 0 spiro atoms. The van der Waals surface area contributed by atoms with E-state index in [9.17, 15) is 0 Å². The van der Waals surface area contributed by atoms with Crippen LogP contribution in [0.25, 0.3) is 55.6 Å². The maximum Gasteiger partial charge on any atom is 0.0540 e. The summed E-state index contributed by atoms with van der Waals surface area (Å²) < 4.78 is 0. The van der Waals surface area contributed by atoms with Gasteiger partial charge in [-0.3, -0.25) is 0 Å². The quantitative estimate of drug-likeness (QED) is 0.164. The van der Waals surface area contributed by atoms with Crippen LogP contribution in [0.4, 0.5) is 17.1 Å². The molecule has 0 saturated heterocycles. The first-order valence-electron chi connectivity index (χ1n) is 18.1. The number of rotatable bonds is 7. The normalized spacial score (nSPS) is 12.6. The Morgan fingerprint density at radius 3 is 1.54 bits per heavy atom. The van der Waals surface area contributed by atoms with Gasteiger partial charge in [0.2, 0.25) is 0 Å². The Bertz CT molecular complexity index is 2530. The number of benzene rings is 8. The van der Waals surface area contributed by atoms with Crippen molar-refractivity contribution in [3.05, 3.63) is 211 Å². The van der Waals surface area contributed by atoms with Crippen LogP contribution >= 0.6 is 0 Å². The Labute approximate surface area is 307 Å². The molecule has 1 aliphatic rings. The van der Waals surface area contributed by atoms with Gasteiger partial charge in [0, 0.05) is 22.4 Å². The summed E-state index contributed by atoms with van der Waals surface area (Å²) in [7, 11) is 0. The van der Waals surface area contributed by atoms with Gasteiger partial charge in [-0.1, -0.05) is 184 Å². The van der Waals surface area contributed by atoms with E-state index in [1.54, 1.807) is 0 Å². The molecular formula is C51H39N. The van der Waals surface area contributed by atoms with E-state index in [0.29, 0.717) is 0 Å². The van der Waals surface area contributed by atoms with Gasteiger partial charge in [-0.25, -0.2) is 0 Å². The highest BCUT2D eigenvalue weighted by Crippen LogP contribution is 2.52. The first-order valence-corrected chi connectivity index (χ1v) is 18.1. The molecule has 0 N–H and O–H groups in total. The molecule has 1 aliphatic carbocycles. The van der Waals surface area contributed by atoms with E-state index in [1.165, 1.54) is 66.8 Å². The van der Waals surface area contributed by atoms with Crippen molar-refractivity contribution in [2.75, 3.05) is 4.90 Å². The van der Waals surface area contributed by atoms with Crippen molar-refractivity contribution in [3.63, 3.8) is 0 Å². The average molecular weight is 666 g/mol. The summed E-state index contributed by atoms with van der Waals surface area (Å²) in [4.78, 5) is 2.44. The minimum atomic E-state index is -0.109. The minimum absolute atomic E-state index is 0.109. The topological polar surface area (TPSA) is 3.24 Å². The summed E-state index contributed by atoms with van der Waals surface area (Å²) in [5.41, 5.74) is 18.3. The third-order valence-corrected chi connectivity index (χ3v) is 10.7. The van der Waals surface area contributed by atoms with Crippen molar-refractivity contribution in [1.82, 2.24) is 0 Å². The first kappa shape index (κ1) is 31.5. The van der Waals surface area contributed by atoms with E-state index in [4.69, 9.17) is 0 Å². The predicted octanol–water partition coefficient (Wildman–Crippen LogP) is 14.1. The minimum Gasteiger partial charge on any atom is -0.310 e. The lowest BCUT2D eigenvalue weighted by Crippen LogP contribution is -2.16. The summed E-state index contributed by atoms with van der Waals surface area (Å²) in [6.07, 6.45) is 0. The molecule has 9 rings (SSSR count). The molecule has 0 atom stereocenters. The van der Waals surface area contributed by atoms with Crippen LogP contribution in [-0.2, 0) is 5.41 Å². The molecule has 0 radical (unpaired) electrons. The van der Waals surface area contributed by atoms with Crippen LogP contribution in [-0.4, -0.2) is 0 Å². The monoisotopic (exact) mass is 665 g/mol. The Morgan fingerprint density at radius 1 is 0.327 bits per heavy atom. The van der Waals surface area contributed by atoms with E-state index in [-0.39, 0.29) is 5.41 Å². The van der Waals surface area contributed by atoms with E-state index < -0.39 is 0 Å². The van der Waals surface area contributed by atoms with Crippen LogP contribution in [0.3, 0.4) is 0 Å². The maximum atomic E-state index is 2.44. The largest absolute Gasteiger partial charge is 0.310 e. The van der Waals surface area contributed by atoms with Gasteiger partial charge in [0.05, 0.1) is 5.69 Å². The van der Waals surface area contributed by atoms with Crippen molar-refractivity contribution in [3.8, 4) is 55.6 Å². The van der Waals surface area contributed by atoms with Crippen molar-refractivity contribution in [2.24, 2.45) is 0 Å². The van der Waals surface area contributed by atoms with E-state index in [0.717, 1.165) is 17.1 Å². The molecule has 0 heterocycles. The van der Waals surface area contributed by atoms with Gasteiger partial charge >= 0.3 is 0 Å². The molecule has 8 aromatic carbocycles. The third-order valence-electron chi connectivity index (χ3n) is 10.7. The number of nitrogens with zero attached hydrogens (tertiary/aromatic N) is 1. The number of hydrogen-bond donors (Lipinski definition) is 0. The molecule has 52 heavy (non-hydrogen) atoms. The second kappa shape index (κ2) is 13.0. The summed E-state index contributed by atoms with van der Waals surface area (Å²) in [6.45, 7) is 4.71. The third kappa shape index (κ3) is 5.34. The zero-order chi connectivity index (χ0) is 35.1. The van der Waals surface area contributed by atoms with Crippen molar-refractivity contribution >= 4 is 17.1 Å². The predicted molar refractivity (Wildman–Crippen MR) is 220 cm³/mol. The Hall–Kier alpha value is -6.44. The van der Waals surface area contributed by atoms with Crippen molar-refractivity contribution < 1.29 is 0 Å². The summed E-state index contributed by atoms with van der Waals surface area (Å²) in [6, 6.07) is 72.8. The van der Waals surface area contributed by atoms with Crippen molar-refractivity contribution in [1.29, 1.82) is 0 Å². The molecule has 0 saturated carbocycles. The fraction of sp³-hybridized carbons (Fsp3) is 0.0588. The lowest BCUT2D eigenvalue weighted by atomic mass is 9.82. The second-order valence-electron chi connectivity index (χ2n) is 14.1. The van der Waals surface area contributed by atoms with Crippen LogP contribution in [0.1, 0.15) is 25.0 Å². The summed E-state index contributed by atoms with van der Waals surface area (Å²) in [5, 5.41) is 0. The van der Waals surface area contributed by atoms with E-state index >= 15 is 0 Å². The lowest BCUT2D eigenvalue weighted by molar-refractivity contribution is 0.660. The molecule has 248 valence electrons. The lowest BCUT2D eigenvalue weighted by Gasteiger charge is -2.30. The Balaban J connectivity index is 1.30. The second-order valence-corrected chi connectivity index (χ2v) is 14.1. The molecule has 0 unspecified atom stereocenters. The fourth-order valence-electron chi connectivity index (χ4n) is 8.23. The molecule has 0 amide bonds. The van der Waals surface area contributed by atoms with Gasteiger partial charge in [-0.15, -0.1) is 0 Å². The highest BCUT2D eigenvalue weighted by molar-refractivity contribution is 6.03. The van der Waals surface area contributed by atoms with Gasteiger partial charge < -0.3 is 4.90 Å². The molecule has 0 bridgehead atoms. The molecule has 8 aromatic rings. The highest BCUT2D eigenvalue weighted by atomic mass is 15.1. The number of para-hydroxylation sites is 2. The number of hydrogen-bond acceptors (Lipinski definition) is 1. The van der Waals surface area contributed by atoms with Crippen molar-refractivity contribution in [2.45, 2.75) is 19.3 Å². The molecule has 0 aromatic heterocycles. The fourth-order valence-corrected chi connectivity index (χ4v) is 8.23. The van der Waals surface area contributed by atoms with Gasteiger partial charge in [0.15, 0.2) is 0 Å². The Morgan fingerprint density at radius 2 is 0.827 bits per heavy atom. The standard InChI is InChI=1S/C51H39N/c1-51(2)47-31-16-14-26-42(47)43-34-33-39(35-48(43)51)52(38-23-10-5-11-24-38)49-32-17-15-27-44(49)46-30-18-29-41(37-21-8-4-9-22-37)50(46)45-28-13-12-25-40(45)36-19-6-3-7-20-36/h3-35H,1-2H3. The Kier molecular flexibility index (Phi) is 7.90. The summed E-state index contributed by atoms with van der Waals surface area (Å²) >= 11 is 0. The van der Waals surface area contributed by atoms with Crippen LogP contribution in [0.5, 0.6) is 0 Å². The molecule has 1 heteroatoms. The SMILES string of the molecule is CC1(C)c2ccccc2-c2ccc(N(c3ccccc3)c3ccccc3-c3cccc(-c4ccccc4)c3-c3ccccc3-c3ccccc3)cc21. The zero-order valence-corrected chi connectivity index (χ0v) is 29.5. The molecule has 1 nitrogen and oxygen atoms in total. The first-order chi connectivity index (χ1) is 25.6. The summed E-state index contributed by atoms with van der Waals surface area (Å²) in [5.74, 6) is 0. The zero-order valence-electron chi connectivity index (χ0n) is 29.5. The van der Waals surface area contributed by atoms with E-state index in [1.807, 2.05) is 0 Å². The molecule has 0 fully saturated rings. The molecular weight excluding hydrogens is 627 g/mol.